The highest BCUT2D eigenvalue weighted by Crippen LogP contribution is 2.53. The standard InChI is InChI=1S/C28H35N3O/c1-20(2)17-29-27(32)28-16-23-13-14-31(19-22-11-7-4-8-12-22)26(24(23)18-30-28)25(28)15-21-9-5-3-6-10-21/h3-12,18,20,23-26H,13-17,19H2,1-2H3,(H,29,32). The molecule has 5 unspecified atom stereocenters. The summed E-state index contributed by atoms with van der Waals surface area (Å²) < 4.78 is 0. The number of carbonyl (C=O) groups excluding carboxylic acids is 1. The van der Waals surface area contributed by atoms with Gasteiger partial charge in [-0.15, -0.1) is 0 Å². The maximum atomic E-state index is 13.7. The first kappa shape index (κ1) is 21.4. The molecule has 1 aliphatic carbocycles. The third-order valence-corrected chi connectivity index (χ3v) is 7.81. The van der Waals surface area contributed by atoms with Gasteiger partial charge in [0.25, 0.3) is 0 Å². The Bertz CT molecular complexity index is 957. The maximum Gasteiger partial charge on any atom is 0.248 e. The van der Waals surface area contributed by atoms with E-state index < -0.39 is 5.54 Å². The van der Waals surface area contributed by atoms with Crippen LogP contribution in [0.3, 0.4) is 0 Å². The summed E-state index contributed by atoms with van der Waals surface area (Å²) in [6, 6.07) is 21.8. The highest BCUT2D eigenvalue weighted by Gasteiger charge is 2.61. The van der Waals surface area contributed by atoms with Gasteiger partial charge in [-0.3, -0.25) is 14.7 Å². The number of aliphatic imine (C=N–C) groups is 1. The molecule has 3 aliphatic heterocycles. The van der Waals surface area contributed by atoms with Gasteiger partial charge in [0.1, 0.15) is 5.54 Å². The predicted octanol–water partition coefficient (Wildman–Crippen LogP) is 4.35. The lowest BCUT2D eigenvalue weighted by molar-refractivity contribution is -0.138. The Kier molecular flexibility index (Phi) is 5.90. The largest absolute Gasteiger partial charge is 0.354 e. The lowest BCUT2D eigenvalue weighted by Gasteiger charge is -2.60. The summed E-state index contributed by atoms with van der Waals surface area (Å²) in [6.45, 7) is 7.05. The molecule has 1 saturated heterocycles. The van der Waals surface area contributed by atoms with E-state index in [0.717, 1.165) is 32.4 Å². The monoisotopic (exact) mass is 429 g/mol. The summed E-state index contributed by atoms with van der Waals surface area (Å²) in [6.07, 6.45) is 5.10. The van der Waals surface area contributed by atoms with Gasteiger partial charge in [0, 0.05) is 37.2 Å². The third kappa shape index (κ3) is 3.90. The molecule has 1 N–H and O–H groups in total. The van der Waals surface area contributed by atoms with Crippen LogP contribution in [0.2, 0.25) is 0 Å². The van der Waals surface area contributed by atoms with Crippen LogP contribution in [-0.4, -0.2) is 41.7 Å². The average molecular weight is 430 g/mol. The molecule has 4 bridgehead atoms. The van der Waals surface area contributed by atoms with Crippen molar-refractivity contribution < 1.29 is 4.79 Å². The molecule has 32 heavy (non-hydrogen) atoms. The van der Waals surface area contributed by atoms with E-state index in [2.05, 4.69) is 90.9 Å². The van der Waals surface area contributed by atoms with Gasteiger partial charge in [0.15, 0.2) is 0 Å². The van der Waals surface area contributed by atoms with Crippen LogP contribution in [0.25, 0.3) is 0 Å². The Balaban J connectivity index is 1.51. The first-order valence-electron chi connectivity index (χ1n) is 12.2. The fourth-order valence-corrected chi connectivity index (χ4v) is 6.30. The van der Waals surface area contributed by atoms with E-state index >= 15 is 0 Å². The van der Waals surface area contributed by atoms with Crippen LogP contribution in [0.15, 0.2) is 65.7 Å². The van der Waals surface area contributed by atoms with Crippen molar-refractivity contribution in [1.82, 2.24) is 10.2 Å². The minimum Gasteiger partial charge on any atom is -0.354 e. The first-order valence-corrected chi connectivity index (χ1v) is 12.2. The van der Waals surface area contributed by atoms with Crippen molar-refractivity contribution in [3.8, 4) is 0 Å². The van der Waals surface area contributed by atoms with E-state index in [4.69, 9.17) is 4.99 Å². The molecule has 5 atom stereocenters. The third-order valence-electron chi connectivity index (χ3n) is 7.81. The molecule has 0 radical (unpaired) electrons. The molecule has 4 aliphatic rings. The second-order valence-electron chi connectivity index (χ2n) is 10.4. The van der Waals surface area contributed by atoms with Gasteiger partial charge in [-0.1, -0.05) is 74.5 Å². The lowest BCUT2D eigenvalue weighted by Crippen LogP contribution is -2.70. The molecule has 168 valence electrons. The van der Waals surface area contributed by atoms with Gasteiger partial charge < -0.3 is 5.32 Å². The number of benzene rings is 2. The molecule has 4 heteroatoms. The highest BCUT2D eigenvalue weighted by molar-refractivity contribution is 5.91. The molecule has 1 amide bonds. The topological polar surface area (TPSA) is 44.7 Å². The summed E-state index contributed by atoms with van der Waals surface area (Å²) in [5, 5.41) is 3.27. The Morgan fingerprint density at radius 3 is 2.47 bits per heavy atom. The average Bonchev–Trinajstić information content (AvgIpc) is 2.82. The van der Waals surface area contributed by atoms with Gasteiger partial charge in [0.05, 0.1) is 0 Å². The van der Waals surface area contributed by atoms with Crippen LogP contribution >= 0.6 is 0 Å². The van der Waals surface area contributed by atoms with Crippen molar-refractivity contribution in [3.05, 3.63) is 71.8 Å². The number of hydrogen-bond acceptors (Lipinski definition) is 3. The van der Waals surface area contributed by atoms with Crippen LogP contribution in [0.1, 0.15) is 37.8 Å². The van der Waals surface area contributed by atoms with Crippen molar-refractivity contribution in [3.63, 3.8) is 0 Å². The van der Waals surface area contributed by atoms with Crippen molar-refractivity contribution in [2.24, 2.45) is 28.7 Å². The fraction of sp³-hybridized carbons (Fsp3) is 0.500. The summed E-state index contributed by atoms with van der Waals surface area (Å²) >= 11 is 0. The molecule has 1 saturated carbocycles. The molecule has 2 fully saturated rings. The zero-order chi connectivity index (χ0) is 22.1. The summed E-state index contributed by atoms with van der Waals surface area (Å²) in [4.78, 5) is 21.4. The van der Waals surface area contributed by atoms with E-state index in [1.54, 1.807) is 0 Å². The SMILES string of the molecule is CC(C)CNC(=O)C12CC3CCN(Cc4ccccc4)C(C3C=N1)C2Cc1ccccc1. The van der Waals surface area contributed by atoms with Crippen LogP contribution in [-0.2, 0) is 17.8 Å². The van der Waals surface area contributed by atoms with Gasteiger partial charge in [0.2, 0.25) is 5.91 Å². The minimum absolute atomic E-state index is 0.137. The molecule has 2 aromatic carbocycles. The number of hydrogen-bond donors (Lipinski definition) is 1. The van der Waals surface area contributed by atoms with Crippen molar-refractivity contribution in [1.29, 1.82) is 0 Å². The Hall–Kier alpha value is -2.46. The van der Waals surface area contributed by atoms with Crippen LogP contribution in [0.4, 0.5) is 0 Å². The number of carbonyl (C=O) groups is 1. The first-order chi connectivity index (χ1) is 15.6. The molecule has 3 heterocycles. The van der Waals surface area contributed by atoms with E-state index in [0.29, 0.717) is 30.3 Å². The van der Waals surface area contributed by atoms with Crippen molar-refractivity contribution in [2.45, 2.75) is 51.2 Å². The Morgan fingerprint density at radius 2 is 1.78 bits per heavy atom. The number of rotatable bonds is 7. The number of likely N-dealkylation sites (tertiary alicyclic amines) is 1. The molecule has 0 spiro atoms. The molecular weight excluding hydrogens is 394 g/mol. The number of nitrogens with zero attached hydrogens (tertiary/aromatic N) is 2. The molecule has 6 rings (SSSR count). The Labute approximate surface area is 192 Å². The minimum atomic E-state index is -0.649. The van der Waals surface area contributed by atoms with Crippen molar-refractivity contribution >= 4 is 12.1 Å². The molecule has 2 aromatic rings. The second kappa shape index (κ2) is 8.82. The van der Waals surface area contributed by atoms with Gasteiger partial charge >= 0.3 is 0 Å². The number of nitrogens with one attached hydrogen (secondary N) is 1. The van der Waals surface area contributed by atoms with Crippen molar-refractivity contribution in [2.75, 3.05) is 13.1 Å². The predicted molar refractivity (Wildman–Crippen MR) is 130 cm³/mol. The van der Waals surface area contributed by atoms with E-state index in [-0.39, 0.29) is 11.8 Å². The quantitative estimate of drug-likeness (QED) is 0.711. The second-order valence-corrected chi connectivity index (χ2v) is 10.4. The van der Waals surface area contributed by atoms with Gasteiger partial charge in [-0.2, -0.15) is 0 Å². The van der Waals surface area contributed by atoms with E-state index in [1.807, 2.05) is 0 Å². The zero-order valence-electron chi connectivity index (χ0n) is 19.3. The highest BCUT2D eigenvalue weighted by atomic mass is 16.2. The normalized spacial score (nSPS) is 31.1. The number of piperidine rings is 1. The molecular formula is C28H35N3O. The maximum absolute atomic E-state index is 13.7. The summed E-state index contributed by atoms with van der Waals surface area (Å²) in [7, 11) is 0. The number of amides is 1. The fourth-order valence-electron chi connectivity index (χ4n) is 6.30. The van der Waals surface area contributed by atoms with Crippen LogP contribution in [0, 0.1) is 23.7 Å². The van der Waals surface area contributed by atoms with E-state index in [1.165, 1.54) is 11.1 Å². The van der Waals surface area contributed by atoms with Gasteiger partial charge in [-0.05, 0) is 48.8 Å². The van der Waals surface area contributed by atoms with Gasteiger partial charge in [-0.25, -0.2) is 0 Å². The molecule has 0 aromatic heterocycles. The van der Waals surface area contributed by atoms with Crippen LogP contribution < -0.4 is 5.32 Å². The molecule has 4 nitrogen and oxygen atoms in total. The lowest BCUT2D eigenvalue weighted by atomic mass is 9.55. The smallest absolute Gasteiger partial charge is 0.248 e. The van der Waals surface area contributed by atoms with Crippen LogP contribution in [0.5, 0.6) is 0 Å². The summed E-state index contributed by atoms with van der Waals surface area (Å²) in [5.41, 5.74) is 2.00. The van der Waals surface area contributed by atoms with E-state index in [9.17, 15) is 4.79 Å². The summed E-state index contributed by atoms with van der Waals surface area (Å²) in [5.74, 6) is 1.76. The Morgan fingerprint density at radius 1 is 1.09 bits per heavy atom. The zero-order valence-corrected chi connectivity index (χ0v) is 19.3.